The molecule has 1 aromatic heterocycles. The molecule has 0 aliphatic heterocycles. The first-order valence-corrected chi connectivity index (χ1v) is 6.21. The molecule has 1 atom stereocenters. The van der Waals surface area contributed by atoms with Gasteiger partial charge in [-0.3, -0.25) is 9.78 Å². The van der Waals surface area contributed by atoms with Gasteiger partial charge < -0.3 is 16.2 Å². The van der Waals surface area contributed by atoms with Gasteiger partial charge in [-0.25, -0.2) is 4.79 Å². The molecule has 1 aromatic rings. The molecule has 6 heteroatoms. The van der Waals surface area contributed by atoms with Gasteiger partial charge in [-0.2, -0.15) is 0 Å². The SMILES string of the molecule is Cc1ccc(C(=O)N[C@@H](CCCCN)C(=O)O)cn1. The second-order valence-corrected chi connectivity index (χ2v) is 4.34. The number of carboxylic acids is 1. The van der Waals surface area contributed by atoms with Crippen LogP contribution in [0.15, 0.2) is 18.3 Å². The maximum Gasteiger partial charge on any atom is 0.326 e. The van der Waals surface area contributed by atoms with Gasteiger partial charge in [0.2, 0.25) is 0 Å². The number of carbonyl (C=O) groups excluding carboxylic acids is 1. The highest BCUT2D eigenvalue weighted by molar-refractivity contribution is 5.96. The number of hydrogen-bond acceptors (Lipinski definition) is 4. The minimum Gasteiger partial charge on any atom is -0.480 e. The average Bonchev–Trinajstić information content (AvgIpc) is 2.38. The van der Waals surface area contributed by atoms with Gasteiger partial charge in [0.15, 0.2) is 0 Å². The van der Waals surface area contributed by atoms with E-state index in [2.05, 4.69) is 10.3 Å². The number of aryl methyl sites for hydroxylation is 1. The van der Waals surface area contributed by atoms with Gasteiger partial charge in [-0.1, -0.05) is 0 Å². The largest absolute Gasteiger partial charge is 0.480 e. The molecule has 0 spiro atoms. The first-order chi connectivity index (χ1) is 9.04. The molecule has 0 unspecified atom stereocenters. The van der Waals surface area contributed by atoms with Crippen LogP contribution in [0.25, 0.3) is 0 Å². The van der Waals surface area contributed by atoms with Crippen molar-refractivity contribution in [3.8, 4) is 0 Å². The first kappa shape index (κ1) is 15.1. The van der Waals surface area contributed by atoms with Crippen molar-refractivity contribution in [2.45, 2.75) is 32.2 Å². The van der Waals surface area contributed by atoms with Crippen LogP contribution in [-0.4, -0.2) is 34.6 Å². The van der Waals surface area contributed by atoms with Crippen LogP contribution in [0.2, 0.25) is 0 Å². The van der Waals surface area contributed by atoms with Crippen LogP contribution in [0.3, 0.4) is 0 Å². The highest BCUT2D eigenvalue weighted by Gasteiger charge is 2.20. The van der Waals surface area contributed by atoms with Crippen LogP contribution >= 0.6 is 0 Å². The second kappa shape index (κ2) is 7.48. The number of nitrogens with zero attached hydrogens (tertiary/aromatic N) is 1. The fourth-order valence-electron chi connectivity index (χ4n) is 1.59. The summed E-state index contributed by atoms with van der Waals surface area (Å²) in [5, 5.41) is 11.5. The molecule has 6 nitrogen and oxygen atoms in total. The lowest BCUT2D eigenvalue weighted by molar-refractivity contribution is -0.139. The molecule has 19 heavy (non-hydrogen) atoms. The molecule has 0 bridgehead atoms. The third-order valence-corrected chi connectivity index (χ3v) is 2.72. The van der Waals surface area contributed by atoms with Crippen LogP contribution in [0, 0.1) is 6.92 Å². The Labute approximate surface area is 112 Å². The lowest BCUT2D eigenvalue weighted by Gasteiger charge is -2.14. The molecule has 104 valence electrons. The summed E-state index contributed by atoms with van der Waals surface area (Å²) in [6.45, 7) is 2.33. The molecule has 0 fully saturated rings. The summed E-state index contributed by atoms with van der Waals surface area (Å²) in [7, 11) is 0. The number of rotatable bonds is 7. The number of carbonyl (C=O) groups is 2. The predicted molar refractivity (Wildman–Crippen MR) is 70.8 cm³/mol. The molecular weight excluding hydrogens is 246 g/mol. The zero-order chi connectivity index (χ0) is 14.3. The van der Waals surface area contributed by atoms with Crippen LogP contribution in [-0.2, 0) is 4.79 Å². The summed E-state index contributed by atoms with van der Waals surface area (Å²) in [4.78, 5) is 26.9. The van der Waals surface area contributed by atoms with Crippen molar-refractivity contribution < 1.29 is 14.7 Å². The summed E-state index contributed by atoms with van der Waals surface area (Å²) < 4.78 is 0. The van der Waals surface area contributed by atoms with E-state index < -0.39 is 17.9 Å². The maximum absolute atomic E-state index is 11.9. The van der Waals surface area contributed by atoms with E-state index in [9.17, 15) is 9.59 Å². The number of aromatic nitrogens is 1. The minimum atomic E-state index is -1.04. The maximum atomic E-state index is 11.9. The molecule has 0 aliphatic carbocycles. The van der Waals surface area contributed by atoms with E-state index in [4.69, 9.17) is 10.8 Å². The molecular formula is C13H19N3O3. The number of aliphatic carboxylic acids is 1. The summed E-state index contributed by atoms with van der Waals surface area (Å²) >= 11 is 0. The molecule has 0 saturated heterocycles. The highest BCUT2D eigenvalue weighted by atomic mass is 16.4. The van der Waals surface area contributed by atoms with E-state index in [-0.39, 0.29) is 0 Å². The minimum absolute atomic E-state index is 0.357. The van der Waals surface area contributed by atoms with Gasteiger partial charge in [-0.15, -0.1) is 0 Å². The third kappa shape index (κ3) is 5.05. The van der Waals surface area contributed by atoms with Crippen molar-refractivity contribution in [2.24, 2.45) is 5.73 Å². The van der Waals surface area contributed by atoms with E-state index in [1.807, 2.05) is 6.92 Å². The van der Waals surface area contributed by atoms with Gasteiger partial charge in [0.25, 0.3) is 5.91 Å². The summed E-state index contributed by atoms with van der Waals surface area (Å²) in [6.07, 6.45) is 3.21. The summed E-state index contributed by atoms with van der Waals surface area (Å²) in [5.74, 6) is -1.46. The third-order valence-electron chi connectivity index (χ3n) is 2.72. The smallest absolute Gasteiger partial charge is 0.326 e. The van der Waals surface area contributed by atoms with Crippen molar-refractivity contribution in [3.63, 3.8) is 0 Å². The predicted octanol–water partition coefficient (Wildman–Crippen LogP) is 0.702. The van der Waals surface area contributed by atoms with Crippen LogP contribution in [0.4, 0.5) is 0 Å². The van der Waals surface area contributed by atoms with Gasteiger partial charge in [0, 0.05) is 11.9 Å². The first-order valence-electron chi connectivity index (χ1n) is 6.21. The number of carboxylic acid groups (broad SMARTS) is 1. The normalized spacial score (nSPS) is 11.9. The highest BCUT2D eigenvalue weighted by Crippen LogP contribution is 2.04. The zero-order valence-electron chi connectivity index (χ0n) is 10.9. The van der Waals surface area contributed by atoms with Crippen LogP contribution in [0.1, 0.15) is 35.3 Å². The lowest BCUT2D eigenvalue weighted by atomic mass is 10.1. The fraction of sp³-hybridized carbons (Fsp3) is 0.462. The molecule has 0 saturated carbocycles. The molecule has 0 aromatic carbocycles. The standard InChI is InChI=1S/C13H19N3O3/c1-9-5-6-10(8-15-9)12(17)16-11(13(18)19)4-2-3-7-14/h5-6,8,11H,2-4,7,14H2,1H3,(H,16,17)(H,18,19)/t11-/m0/s1. The van der Waals surface area contributed by atoms with Gasteiger partial charge in [0.05, 0.1) is 5.56 Å². The molecule has 1 amide bonds. The van der Waals surface area contributed by atoms with Gasteiger partial charge in [-0.05, 0) is 44.9 Å². The summed E-state index contributed by atoms with van der Waals surface area (Å²) in [6, 6.07) is 2.44. The second-order valence-electron chi connectivity index (χ2n) is 4.34. The van der Waals surface area contributed by atoms with Crippen molar-refractivity contribution in [2.75, 3.05) is 6.54 Å². The van der Waals surface area contributed by atoms with E-state index in [0.717, 1.165) is 12.1 Å². The zero-order valence-corrected chi connectivity index (χ0v) is 10.9. The summed E-state index contributed by atoms with van der Waals surface area (Å²) in [5.41, 5.74) is 6.51. The molecule has 1 rings (SSSR count). The number of amides is 1. The van der Waals surface area contributed by atoms with Crippen LogP contribution < -0.4 is 11.1 Å². The number of pyridine rings is 1. The Morgan fingerprint density at radius 3 is 2.68 bits per heavy atom. The van der Waals surface area contributed by atoms with E-state index in [1.54, 1.807) is 12.1 Å². The fourth-order valence-corrected chi connectivity index (χ4v) is 1.59. The quantitative estimate of drug-likeness (QED) is 0.629. The lowest BCUT2D eigenvalue weighted by Crippen LogP contribution is -2.40. The van der Waals surface area contributed by atoms with E-state index >= 15 is 0 Å². The Morgan fingerprint density at radius 1 is 1.42 bits per heavy atom. The topological polar surface area (TPSA) is 105 Å². The van der Waals surface area contributed by atoms with E-state index in [1.165, 1.54) is 6.20 Å². The number of hydrogen-bond donors (Lipinski definition) is 3. The Balaban J connectivity index is 2.60. The Bertz CT molecular complexity index is 431. The van der Waals surface area contributed by atoms with Gasteiger partial charge in [0.1, 0.15) is 6.04 Å². The van der Waals surface area contributed by atoms with Crippen molar-refractivity contribution in [1.82, 2.24) is 10.3 Å². The Morgan fingerprint density at radius 2 is 2.16 bits per heavy atom. The monoisotopic (exact) mass is 265 g/mol. The molecule has 0 radical (unpaired) electrons. The van der Waals surface area contributed by atoms with E-state index in [0.29, 0.717) is 24.9 Å². The molecule has 1 heterocycles. The van der Waals surface area contributed by atoms with Crippen molar-refractivity contribution in [1.29, 1.82) is 0 Å². The molecule has 4 N–H and O–H groups in total. The average molecular weight is 265 g/mol. The number of unbranched alkanes of at least 4 members (excludes halogenated alkanes) is 1. The molecule has 0 aliphatic rings. The van der Waals surface area contributed by atoms with Crippen molar-refractivity contribution in [3.05, 3.63) is 29.6 Å². The number of nitrogens with two attached hydrogens (primary N) is 1. The van der Waals surface area contributed by atoms with Crippen molar-refractivity contribution >= 4 is 11.9 Å². The Hall–Kier alpha value is -1.95. The Kier molecular flexibility index (Phi) is 5.95. The number of nitrogens with one attached hydrogen (secondary N) is 1. The van der Waals surface area contributed by atoms with Gasteiger partial charge >= 0.3 is 5.97 Å². The van der Waals surface area contributed by atoms with Crippen LogP contribution in [0.5, 0.6) is 0 Å².